The largest absolute Gasteiger partial charge is 0.264 e. The van der Waals surface area contributed by atoms with Gasteiger partial charge in [-0.15, -0.1) is 0 Å². The van der Waals surface area contributed by atoms with E-state index in [1.807, 2.05) is 33.0 Å². The lowest BCUT2D eigenvalue weighted by molar-refractivity contribution is 1.32. The Morgan fingerprint density at radius 1 is 1.60 bits per heavy atom. The highest BCUT2D eigenvalue weighted by Crippen LogP contribution is 2.03. The first kappa shape index (κ1) is 7.07. The third-order valence-electron chi connectivity index (χ3n) is 1.33. The van der Waals surface area contributed by atoms with Gasteiger partial charge < -0.3 is 0 Å². The van der Waals surface area contributed by atoms with Crippen molar-refractivity contribution in [3.05, 3.63) is 30.5 Å². The Labute approximate surface area is 62.2 Å². The van der Waals surface area contributed by atoms with Gasteiger partial charge in [-0.1, -0.05) is 18.7 Å². The zero-order valence-electron chi connectivity index (χ0n) is 6.39. The van der Waals surface area contributed by atoms with E-state index in [1.165, 1.54) is 0 Å². The number of hydrogen-bond donors (Lipinski definition) is 0. The summed E-state index contributed by atoms with van der Waals surface area (Å²) in [4.78, 5) is 4.27. The lowest BCUT2D eigenvalue weighted by Crippen LogP contribution is -2.08. The molecule has 1 aromatic heterocycles. The molecule has 0 aromatic carbocycles. The highest BCUT2D eigenvalue weighted by atomic mass is 14.7. The van der Waals surface area contributed by atoms with Gasteiger partial charge in [0.05, 0.1) is 5.69 Å². The minimum atomic E-state index is 0.986. The van der Waals surface area contributed by atoms with Crippen molar-refractivity contribution in [3.63, 3.8) is 0 Å². The molecule has 0 aliphatic carbocycles. The van der Waals surface area contributed by atoms with Crippen molar-refractivity contribution in [1.29, 1.82) is 0 Å². The van der Waals surface area contributed by atoms with Crippen LogP contribution in [0, 0.1) is 0 Å². The highest BCUT2D eigenvalue weighted by molar-refractivity contribution is 6.30. The van der Waals surface area contributed by atoms with Crippen LogP contribution in [0.5, 0.6) is 0 Å². The van der Waals surface area contributed by atoms with Crippen molar-refractivity contribution < 1.29 is 0 Å². The fourth-order valence-electron chi connectivity index (χ4n) is 0.781. The maximum Gasteiger partial charge on any atom is 0.163 e. The molecular weight excluding hydrogens is 121 g/mol. The number of nitrogens with zero attached hydrogens (tertiary/aromatic N) is 1. The average Bonchev–Trinajstić information content (AvgIpc) is 1.88. The first-order valence-electron chi connectivity index (χ1n) is 3.29. The molecule has 0 atom stereocenters. The Hall–Kier alpha value is -1.05. The maximum atomic E-state index is 4.27. The molecule has 2 heteroatoms. The Kier molecular flexibility index (Phi) is 1.90. The smallest absolute Gasteiger partial charge is 0.163 e. The quantitative estimate of drug-likeness (QED) is 0.502. The van der Waals surface area contributed by atoms with E-state index < -0.39 is 0 Å². The first-order valence-corrected chi connectivity index (χ1v) is 3.29. The second kappa shape index (κ2) is 2.69. The molecule has 10 heavy (non-hydrogen) atoms. The van der Waals surface area contributed by atoms with Crippen LogP contribution in [0.1, 0.15) is 12.6 Å². The molecule has 0 saturated carbocycles. The van der Waals surface area contributed by atoms with E-state index in [2.05, 4.69) is 11.6 Å². The molecule has 1 heterocycles. The van der Waals surface area contributed by atoms with Gasteiger partial charge in [0, 0.05) is 0 Å². The zero-order valence-corrected chi connectivity index (χ0v) is 6.39. The standard InChI is InChI=1S/C8H10BN/c1-6(2)7-4-3-5-8(9)10-7/h3-5H,1,9H2,2H3. The monoisotopic (exact) mass is 131 g/mol. The molecular formula is C8H10BN. The topological polar surface area (TPSA) is 12.9 Å². The van der Waals surface area contributed by atoms with Crippen molar-refractivity contribution in [3.8, 4) is 0 Å². The SMILES string of the molecule is Bc1cccc(C(=C)C)n1. The Morgan fingerprint density at radius 2 is 2.30 bits per heavy atom. The molecule has 0 bridgehead atoms. The summed E-state index contributed by atoms with van der Waals surface area (Å²) >= 11 is 0. The summed E-state index contributed by atoms with van der Waals surface area (Å²) in [6.45, 7) is 5.76. The average molecular weight is 131 g/mol. The molecule has 0 aliphatic heterocycles. The third-order valence-corrected chi connectivity index (χ3v) is 1.33. The van der Waals surface area contributed by atoms with E-state index in [4.69, 9.17) is 0 Å². The molecule has 0 N–H and O–H groups in total. The second-order valence-electron chi connectivity index (χ2n) is 2.44. The first-order chi connectivity index (χ1) is 4.70. The van der Waals surface area contributed by atoms with Crippen LogP contribution in [0.3, 0.4) is 0 Å². The number of rotatable bonds is 1. The van der Waals surface area contributed by atoms with E-state index in [0.29, 0.717) is 0 Å². The van der Waals surface area contributed by atoms with Gasteiger partial charge in [-0.25, -0.2) is 0 Å². The number of allylic oxidation sites excluding steroid dienone is 1. The second-order valence-corrected chi connectivity index (χ2v) is 2.44. The van der Waals surface area contributed by atoms with Gasteiger partial charge in [0.2, 0.25) is 0 Å². The normalized spacial score (nSPS) is 9.30. The van der Waals surface area contributed by atoms with Crippen LogP contribution in [0.2, 0.25) is 0 Å². The number of pyridine rings is 1. The predicted octanol–water partition coefficient (Wildman–Crippen LogP) is 0.373. The van der Waals surface area contributed by atoms with Crippen LogP contribution in [-0.2, 0) is 0 Å². The summed E-state index contributed by atoms with van der Waals surface area (Å²) in [6.07, 6.45) is 0. The van der Waals surface area contributed by atoms with Gasteiger partial charge in [0.25, 0.3) is 0 Å². The molecule has 1 nitrogen and oxygen atoms in total. The lowest BCUT2D eigenvalue weighted by Gasteiger charge is -1.98. The van der Waals surface area contributed by atoms with Crippen LogP contribution < -0.4 is 5.59 Å². The molecule has 0 radical (unpaired) electrons. The summed E-state index contributed by atoms with van der Waals surface area (Å²) < 4.78 is 0. The molecule has 0 amide bonds. The van der Waals surface area contributed by atoms with E-state index in [-0.39, 0.29) is 0 Å². The minimum Gasteiger partial charge on any atom is -0.264 e. The minimum absolute atomic E-state index is 0.986. The number of hydrogen-bond acceptors (Lipinski definition) is 1. The molecule has 0 spiro atoms. The van der Waals surface area contributed by atoms with E-state index in [1.54, 1.807) is 0 Å². The summed E-state index contributed by atoms with van der Waals surface area (Å²) in [5.74, 6) is 0. The molecule has 50 valence electrons. The molecule has 1 aromatic rings. The van der Waals surface area contributed by atoms with E-state index >= 15 is 0 Å². The van der Waals surface area contributed by atoms with Crippen molar-refractivity contribution in [2.75, 3.05) is 0 Å². The Balaban J connectivity index is 3.07. The van der Waals surface area contributed by atoms with Gasteiger partial charge >= 0.3 is 0 Å². The zero-order chi connectivity index (χ0) is 7.56. The molecule has 1 rings (SSSR count). The fourth-order valence-corrected chi connectivity index (χ4v) is 0.781. The maximum absolute atomic E-state index is 4.27. The van der Waals surface area contributed by atoms with Gasteiger partial charge in [-0.05, 0) is 24.2 Å². The summed E-state index contributed by atoms with van der Waals surface area (Å²) in [6, 6.07) is 5.94. The highest BCUT2D eigenvalue weighted by Gasteiger charge is 1.92. The summed E-state index contributed by atoms with van der Waals surface area (Å²) in [5.41, 5.74) is 3.05. The molecule has 0 fully saturated rings. The van der Waals surface area contributed by atoms with Gasteiger partial charge in [0.1, 0.15) is 0 Å². The van der Waals surface area contributed by atoms with Crippen LogP contribution >= 0.6 is 0 Å². The summed E-state index contributed by atoms with van der Waals surface area (Å²) in [5, 5.41) is 0. The Bertz CT molecular complexity index is 255. The van der Waals surface area contributed by atoms with Crippen molar-refractivity contribution >= 4 is 19.0 Å². The van der Waals surface area contributed by atoms with Crippen LogP contribution in [-0.4, -0.2) is 12.8 Å². The van der Waals surface area contributed by atoms with Crippen LogP contribution in [0.25, 0.3) is 5.57 Å². The van der Waals surface area contributed by atoms with E-state index in [9.17, 15) is 0 Å². The van der Waals surface area contributed by atoms with E-state index in [0.717, 1.165) is 16.9 Å². The third kappa shape index (κ3) is 1.47. The lowest BCUT2D eigenvalue weighted by atomic mass is 10.0. The fraction of sp³-hybridized carbons (Fsp3) is 0.125. The number of aromatic nitrogens is 1. The van der Waals surface area contributed by atoms with Crippen LogP contribution in [0.4, 0.5) is 0 Å². The summed E-state index contributed by atoms with van der Waals surface area (Å²) in [7, 11) is 1.98. The predicted molar refractivity (Wildman–Crippen MR) is 47.1 cm³/mol. The molecule has 0 unspecified atom stereocenters. The van der Waals surface area contributed by atoms with Crippen molar-refractivity contribution in [2.45, 2.75) is 6.92 Å². The molecule has 0 saturated heterocycles. The van der Waals surface area contributed by atoms with Crippen molar-refractivity contribution in [2.24, 2.45) is 0 Å². The van der Waals surface area contributed by atoms with Gasteiger partial charge in [-0.3, -0.25) is 4.98 Å². The van der Waals surface area contributed by atoms with Crippen molar-refractivity contribution in [1.82, 2.24) is 4.98 Å². The van der Waals surface area contributed by atoms with Gasteiger partial charge in [-0.2, -0.15) is 0 Å². The molecule has 0 aliphatic rings. The van der Waals surface area contributed by atoms with Crippen LogP contribution in [0.15, 0.2) is 24.8 Å². The Morgan fingerprint density at radius 3 is 2.70 bits per heavy atom. The van der Waals surface area contributed by atoms with Gasteiger partial charge in [0.15, 0.2) is 7.85 Å².